The Kier molecular flexibility index (Phi) is 3.57. The third-order valence-electron chi connectivity index (χ3n) is 3.52. The average molecular weight is 288 g/mol. The molecule has 0 radical (unpaired) electrons. The van der Waals surface area contributed by atoms with E-state index in [4.69, 9.17) is 14.9 Å². The molecule has 7 heteroatoms. The van der Waals surface area contributed by atoms with Gasteiger partial charge in [-0.2, -0.15) is 0 Å². The number of anilines is 1. The molecule has 0 bridgehead atoms. The molecule has 1 aliphatic rings. The van der Waals surface area contributed by atoms with Gasteiger partial charge in [0, 0.05) is 18.5 Å². The van der Waals surface area contributed by atoms with Crippen molar-refractivity contribution in [3.8, 4) is 17.2 Å². The molecule has 0 spiro atoms. The summed E-state index contributed by atoms with van der Waals surface area (Å²) in [5, 5.41) is 7.94. The Morgan fingerprint density at radius 2 is 2.14 bits per heavy atom. The van der Waals surface area contributed by atoms with Gasteiger partial charge in [-0.3, -0.25) is 9.69 Å². The van der Waals surface area contributed by atoms with Gasteiger partial charge >= 0.3 is 6.01 Å². The van der Waals surface area contributed by atoms with Crippen molar-refractivity contribution in [1.82, 2.24) is 10.2 Å². The highest BCUT2D eigenvalue weighted by molar-refractivity contribution is 5.93. The number of aromatic nitrogens is 2. The minimum absolute atomic E-state index is 0.0321. The molecule has 2 N–H and O–H groups in total. The van der Waals surface area contributed by atoms with E-state index >= 15 is 0 Å². The second-order valence-corrected chi connectivity index (χ2v) is 4.93. The third-order valence-corrected chi connectivity index (χ3v) is 3.52. The van der Waals surface area contributed by atoms with Crippen LogP contribution in [0.15, 0.2) is 28.7 Å². The molecule has 7 nitrogen and oxygen atoms in total. The molecule has 1 fully saturated rings. The second-order valence-electron chi connectivity index (χ2n) is 4.93. The van der Waals surface area contributed by atoms with Crippen molar-refractivity contribution in [2.24, 2.45) is 11.7 Å². The molecule has 0 saturated carbocycles. The number of amides is 1. The third kappa shape index (κ3) is 2.59. The van der Waals surface area contributed by atoms with Crippen LogP contribution in [0.1, 0.15) is 6.42 Å². The second kappa shape index (κ2) is 5.53. The van der Waals surface area contributed by atoms with Crippen LogP contribution in [0.25, 0.3) is 11.5 Å². The predicted molar refractivity (Wildman–Crippen MR) is 75.8 cm³/mol. The van der Waals surface area contributed by atoms with Gasteiger partial charge in [0.1, 0.15) is 5.75 Å². The Hall–Kier alpha value is -2.41. The van der Waals surface area contributed by atoms with Gasteiger partial charge in [0.25, 0.3) is 0 Å². The van der Waals surface area contributed by atoms with E-state index < -0.39 is 0 Å². The number of benzene rings is 1. The summed E-state index contributed by atoms with van der Waals surface area (Å²) < 4.78 is 10.7. The molecule has 1 saturated heterocycles. The summed E-state index contributed by atoms with van der Waals surface area (Å²) in [6, 6.07) is 7.49. The van der Waals surface area contributed by atoms with Crippen LogP contribution in [0.2, 0.25) is 0 Å². The quantitative estimate of drug-likeness (QED) is 0.903. The fourth-order valence-electron chi connectivity index (χ4n) is 2.30. The molecule has 1 amide bonds. The molecule has 1 atom stereocenters. The predicted octanol–water partition coefficient (Wildman–Crippen LogP) is 1.06. The van der Waals surface area contributed by atoms with Gasteiger partial charge in [0.2, 0.25) is 11.8 Å². The summed E-state index contributed by atoms with van der Waals surface area (Å²) in [4.78, 5) is 13.4. The Morgan fingerprint density at radius 1 is 1.38 bits per heavy atom. The molecule has 3 rings (SSSR count). The number of hydrogen-bond donors (Lipinski definition) is 1. The van der Waals surface area contributed by atoms with Gasteiger partial charge in [0.05, 0.1) is 7.11 Å². The van der Waals surface area contributed by atoms with E-state index in [-0.39, 0.29) is 17.8 Å². The minimum atomic E-state index is -0.0321. The number of carbonyl (C=O) groups excluding carboxylic acids is 1. The van der Waals surface area contributed by atoms with Crippen molar-refractivity contribution in [1.29, 1.82) is 0 Å². The van der Waals surface area contributed by atoms with Crippen LogP contribution in [0, 0.1) is 5.92 Å². The maximum Gasteiger partial charge on any atom is 0.325 e. The zero-order chi connectivity index (χ0) is 14.8. The summed E-state index contributed by atoms with van der Waals surface area (Å²) in [5.41, 5.74) is 6.38. The van der Waals surface area contributed by atoms with Gasteiger partial charge in [0.15, 0.2) is 0 Å². The highest BCUT2D eigenvalue weighted by Crippen LogP contribution is 2.27. The van der Waals surface area contributed by atoms with E-state index in [2.05, 4.69) is 10.2 Å². The van der Waals surface area contributed by atoms with Crippen LogP contribution >= 0.6 is 0 Å². The lowest BCUT2D eigenvalue weighted by atomic mass is 10.1. The van der Waals surface area contributed by atoms with Crippen molar-refractivity contribution in [3.05, 3.63) is 24.3 Å². The van der Waals surface area contributed by atoms with Gasteiger partial charge < -0.3 is 14.9 Å². The Balaban J connectivity index is 1.81. The summed E-state index contributed by atoms with van der Waals surface area (Å²) in [6.07, 6.45) is 0.427. The van der Waals surface area contributed by atoms with Crippen molar-refractivity contribution >= 4 is 11.9 Å². The van der Waals surface area contributed by atoms with Crippen LogP contribution in [-0.2, 0) is 4.79 Å². The standard InChI is InChI=1S/C14H16N4O3/c1-20-11-4-2-10(3-5-11)13-16-17-14(21-13)18-8-9(7-15)6-12(18)19/h2-5,9H,6-8,15H2,1H3. The number of nitrogens with two attached hydrogens (primary N) is 1. The zero-order valence-corrected chi connectivity index (χ0v) is 11.7. The molecule has 0 aliphatic carbocycles. The van der Waals surface area contributed by atoms with E-state index in [1.54, 1.807) is 7.11 Å². The molecule has 21 heavy (non-hydrogen) atoms. The van der Waals surface area contributed by atoms with Crippen LogP contribution in [0.4, 0.5) is 6.01 Å². The lowest BCUT2D eigenvalue weighted by molar-refractivity contribution is -0.117. The highest BCUT2D eigenvalue weighted by Gasteiger charge is 2.33. The smallest absolute Gasteiger partial charge is 0.325 e. The normalized spacial score (nSPS) is 18.3. The summed E-state index contributed by atoms with van der Waals surface area (Å²) in [5.74, 6) is 1.24. The van der Waals surface area contributed by atoms with Crippen LogP contribution < -0.4 is 15.4 Å². The van der Waals surface area contributed by atoms with E-state index in [0.717, 1.165) is 11.3 Å². The number of ether oxygens (including phenoxy) is 1. The maximum atomic E-state index is 11.9. The lowest BCUT2D eigenvalue weighted by Gasteiger charge is -2.09. The van der Waals surface area contributed by atoms with Crippen molar-refractivity contribution in [2.75, 3.05) is 25.1 Å². The van der Waals surface area contributed by atoms with Gasteiger partial charge in [-0.1, -0.05) is 5.10 Å². The van der Waals surface area contributed by atoms with Gasteiger partial charge in [-0.25, -0.2) is 0 Å². The fourth-order valence-corrected chi connectivity index (χ4v) is 2.30. The molecular formula is C14H16N4O3. The molecule has 2 aromatic rings. The number of methoxy groups -OCH3 is 1. The van der Waals surface area contributed by atoms with E-state index in [0.29, 0.717) is 25.4 Å². The van der Waals surface area contributed by atoms with Crippen LogP contribution in [0.3, 0.4) is 0 Å². The van der Waals surface area contributed by atoms with Gasteiger partial charge in [-0.15, -0.1) is 5.10 Å². The zero-order valence-electron chi connectivity index (χ0n) is 11.7. The molecule has 1 aliphatic heterocycles. The maximum absolute atomic E-state index is 11.9. The first kappa shape index (κ1) is 13.6. The molecule has 2 heterocycles. The van der Waals surface area contributed by atoms with Crippen LogP contribution in [0.5, 0.6) is 5.75 Å². The summed E-state index contributed by atoms with van der Waals surface area (Å²) >= 11 is 0. The van der Waals surface area contributed by atoms with E-state index in [1.165, 1.54) is 4.90 Å². The van der Waals surface area contributed by atoms with Crippen molar-refractivity contribution in [2.45, 2.75) is 6.42 Å². The van der Waals surface area contributed by atoms with E-state index in [1.807, 2.05) is 24.3 Å². The Bertz CT molecular complexity index is 638. The first-order chi connectivity index (χ1) is 10.2. The highest BCUT2D eigenvalue weighted by atomic mass is 16.5. The molecule has 110 valence electrons. The average Bonchev–Trinajstić information content (AvgIpc) is 3.13. The lowest BCUT2D eigenvalue weighted by Crippen LogP contribution is -2.26. The monoisotopic (exact) mass is 288 g/mol. The Morgan fingerprint density at radius 3 is 2.76 bits per heavy atom. The van der Waals surface area contributed by atoms with Crippen LogP contribution in [-0.4, -0.2) is 36.3 Å². The largest absolute Gasteiger partial charge is 0.497 e. The molecular weight excluding hydrogens is 272 g/mol. The van der Waals surface area contributed by atoms with Crippen molar-refractivity contribution < 1.29 is 13.9 Å². The first-order valence-electron chi connectivity index (χ1n) is 6.69. The van der Waals surface area contributed by atoms with Crippen molar-refractivity contribution in [3.63, 3.8) is 0 Å². The topological polar surface area (TPSA) is 94.5 Å². The SMILES string of the molecule is COc1ccc(-c2nnc(N3CC(CN)CC3=O)o2)cc1. The van der Waals surface area contributed by atoms with Gasteiger partial charge in [-0.05, 0) is 36.7 Å². The molecule has 1 unspecified atom stereocenters. The fraction of sp³-hybridized carbons (Fsp3) is 0.357. The van der Waals surface area contributed by atoms with E-state index in [9.17, 15) is 4.79 Å². The number of nitrogens with zero attached hydrogens (tertiary/aromatic N) is 3. The first-order valence-corrected chi connectivity index (χ1v) is 6.69. The number of hydrogen-bond acceptors (Lipinski definition) is 6. The summed E-state index contributed by atoms with van der Waals surface area (Å²) in [7, 11) is 1.60. The molecule has 1 aromatic carbocycles. The minimum Gasteiger partial charge on any atom is -0.497 e. The number of rotatable bonds is 4. The Labute approximate surface area is 121 Å². The molecule has 1 aromatic heterocycles. The number of carbonyl (C=O) groups is 1. The summed E-state index contributed by atoms with van der Waals surface area (Å²) in [6.45, 7) is 1.00.